The Morgan fingerprint density at radius 2 is 2.14 bits per heavy atom. The Balaban J connectivity index is 2.15. The third-order valence-electron chi connectivity index (χ3n) is 2.76. The minimum absolute atomic E-state index is 0.0338. The van der Waals surface area contributed by atoms with Gasteiger partial charge in [0.2, 0.25) is 0 Å². The molecule has 1 amide bonds. The second-order valence-corrected chi connectivity index (χ2v) is 4.59. The summed E-state index contributed by atoms with van der Waals surface area (Å²) in [6.45, 7) is 2.98. The number of rotatable bonds is 4. The van der Waals surface area contributed by atoms with Crippen molar-refractivity contribution in [1.29, 1.82) is 0 Å². The Morgan fingerprint density at radius 3 is 2.81 bits per heavy atom. The van der Waals surface area contributed by atoms with E-state index in [2.05, 4.69) is 10.4 Å². The number of nitro groups is 1. The van der Waals surface area contributed by atoms with Gasteiger partial charge in [-0.3, -0.25) is 4.79 Å². The van der Waals surface area contributed by atoms with Crippen molar-refractivity contribution in [3.8, 4) is 0 Å². The van der Waals surface area contributed by atoms with Crippen molar-refractivity contribution in [3.05, 3.63) is 51.5 Å². The monoisotopic (exact) mass is 292 g/mol. The van der Waals surface area contributed by atoms with Crippen LogP contribution in [0.1, 0.15) is 11.3 Å². The fraction of sp³-hybridized carbons (Fsp3) is 0.231. The molecule has 110 valence electrons. The number of carbonyl (C=O) groups is 1. The van der Waals surface area contributed by atoms with Gasteiger partial charge in [0, 0.05) is 0 Å². The summed E-state index contributed by atoms with van der Waals surface area (Å²) in [6, 6.07) is 5.56. The lowest BCUT2D eigenvalue weighted by molar-refractivity contribution is -0.392. The first-order valence-electron chi connectivity index (χ1n) is 6.11. The van der Waals surface area contributed by atoms with Gasteiger partial charge in [0.1, 0.15) is 5.82 Å². The molecule has 0 aliphatic carbocycles. The molecule has 2 aromatic rings. The van der Waals surface area contributed by atoms with Crippen LogP contribution in [0.15, 0.2) is 24.3 Å². The topological polar surface area (TPSA) is 90.1 Å². The van der Waals surface area contributed by atoms with Gasteiger partial charge in [-0.15, -0.1) is 4.68 Å². The maximum absolute atomic E-state index is 13.5. The number of carbonyl (C=O) groups excluding carboxylic acids is 1. The maximum Gasteiger partial charge on any atom is 0.345 e. The van der Waals surface area contributed by atoms with Crippen LogP contribution in [0.5, 0.6) is 0 Å². The van der Waals surface area contributed by atoms with E-state index >= 15 is 0 Å². The van der Waals surface area contributed by atoms with Crippen molar-refractivity contribution in [2.45, 2.75) is 20.4 Å². The van der Waals surface area contributed by atoms with Crippen LogP contribution < -0.4 is 5.32 Å². The van der Waals surface area contributed by atoms with Gasteiger partial charge in [0.05, 0.1) is 17.4 Å². The lowest BCUT2D eigenvalue weighted by Gasteiger charge is -2.06. The fourth-order valence-electron chi connectivity index (χ4n) is 1.86. The van der Waals surface area contributed by atoms with E-state index < -0.39 is 16.6 Å². The Morgan fingerprint density at radius 1 is 1.43 bits per heavy atom. The van der Waals surface area contributed by atoms with Gasteiger partial charge in [-0.1, -0.05) is 11.2 Å². The zero-order chi connectivity index (χ0) is 15.6. The van der Waals surface area contributed by atoms with Crippen molar-refractivity contribution >= 4 is 17.4 Å². The summed E-state index contributed by atoms with van der Waals surface area (Å²) < 4.78 is 14.5. The Kier molecular flexibility index (Phi) is 3.97. The van der Waals surface area contributed by atoms with Crippen LogP contribution in [0.2, 0.25) is 0 Å². The number of halogens is 1. The van der Waals surface area contributed by atoms with Crippen LogP contribution in [0.4, 0.5) is 15.9 Å². The van der Waals surface area contributed by atoms with Crippen molar-refractivity contribution < 1.29 is 14.1 Å². The summed E-state index contributed by atoms with van der Waals surface area (Å²) in [7, 11) is 0. The van der Waals surface area contributed by atoms with Gasteiger partial charge in [0.25, 0.3) is 5.91 Å². The molecule has 0 saturated heterocycles. The van der Waals surface area contributed by atoms with Crippen molar-refractivity contribution in [1.82, 2.24) is 9.78 Å². The molecule has 1 aromatic carbocycles. The van der Waals surface area contributed by atoms with Crippen LogP contribution in [0.25, 0.3) is 0 Å². The SMILES string of the molecule is Cc1ccc(F)c(NC(=O)Cn2nc(C)cc2[N+](=O)[O-])c1. The Bertz CT molecular complexity index is 711. The molecular formula is C13H13FN4O3. The maximum atomic E-state index is 13.5. The smallest absolute Gasteiger partial charge is 0.345 e. The number of aryl methyl sites for hydroxylation is 2. The molecule has 0 unspecified atom stereocenters. The molecule has 0 aliphatic rings. The molecule has 0 aliphatic heterocycles. The highest BCUT2D eigenvalue weighted by Crippen LogP contribution is 2.17. The number of amides is 1. The molecule has 0 bridgehead atoms. The minimum Gasteiger partial charge on any atom is -0.358 e. The zero-order valence-electron chi connectivity index (χ0n) is 11.5. The van der Waals surface area contributed by atoms with Crippen molar-refractivity contribution in [2.75, 3.05) is 5.32 Å². The van der Waals surface area contributed by atoms with E-state index in [-0.39, 0.29) is 18.1 Å². The fourth-order valence-corrected chi connectivity index (χ4v) is 1.86. The summed E-state index contributed by atoms with van der Waals surface area (Å²) in [5, 5.41) is 17.1. The third kappa shape index (κ3) is 3.41. The van der Waals surface area contributed by atoms with Gasteiger partial charge in [-0.2, -0.15) is 0 Å². The van der Waals surface area contributed by atoms with E-state index in [9.17, 15) is 19.3 Å². The lowest BCUT2D eigenvalue weighted by atomic mass is 10.2. The molecule has 0 spiro atoms. The third-order valence-corrected chi connectivity index (χ3v) is 2.76. The molecule has 0 radical (unpaired) electrons. The van der Waals surface area contributed by atoms with Gasteiger partial charge < -0.3 is 15.4 Å². The van der Waals surface area contributed by atoms with Gasteiger partial charge >= 0.3 is 5.82 Å². The summed E-state index contributed by atoms with van der Waals surface area (Å²) in [4.78, 5) is 22.1. The first-order chi connectivity index (χ1) is 9.86. The highest BCUT2D eigenvalue weighted by atomic mass is 19.1. The summed E-state index contributed by atoms with van der Waals surface area (Å²) in [5.41, 5.74) is 1.25. The number of aromatic nitrogens is 2. The number of anilines is 1. The molecule has 1 heterocycles. The second kappa shape index (κ2) is 5.70. The van der Waals surface area contributed by atoms with Crippen LogP contribution in [0, 0.1) is 29.8 Å². The van der Waals surface area contributed by atoms with E-state index in [0.717, 1.165) is 10.2 Å². The van der Waals surface area contributed by atoms with Crippen LogP contribution in [0.3, 0.4) is 0 Å². The Labute approximate surface area is 119 Å². The summed E-state index contributed by atoms with van der Waals surface area (Å²) in [5.74, 6) is -1.45. The van der Waals surface area contributed by atoms with E-state index in [1.54, 1.807) is 19.9 Å². The standard InChI is InChI=1S/C13H13FN4O3/c1-8-3-4-10(14)11(5-8)15-12(19)7-17-13(18(20)21)6-9(2)16-17/h3-6H,7H2,1-2H3,(H,15,19). The molecular weight excluding hydrogens is 279 g/mol. The highest BCUT2D eigenvalue weighted by molar-refractivity contribution is 5.90. The van der Waals surface area contributed by atoms with Crippen molar-refractivity contribution in [2.24, 2.45) is 0 Å². The molecule has 0 atom stereocenters. The summed E-state index contributed by atoms with van der Waals surface area (Å²) >= 11 is 0. The lowest BCUT2D eigenvalue weighted by Crippen LogP contribution is -2.21. The average molecular weight is 292 g/mol. The van der Waals surface area contributed by atoms with E-state index in [0.29, 0.717) is 5.69 Å². The predicted octanol–water partition coefficient (Wildman–Crippen LogP) is 2.19. The second-order valence-electron chi connectivity index (χ2n) is 4.59. The number of nitrogens with zero attached hydrogens (tertiary/aromatic N) is 3. The van der Waals surface area contributed by atoms with Gasteiger partial charge in [-0.25, -0.2) is 4.39 Å². The Hall–Kier alpha value is -2.77. The molecule has 21 heavy (non-hydrogen) atoms. The zero-order valence-corrected chi connectivity index (χ0v) is 11.5. The molecule has 0 fully saturated rings. The van der Waals surface area contributed by atoms with E-state index in [4.69, 9.17) is 0 Å². The van der Waals surface area contributed by atoms with Crippen LogP contribution in [-0.2, 0) is 11.3 Å². The number of hydrogen-bond donors (Lipinski definition) is 1. The van der Waals surface area contributed by atoms with E-state index in [1.165, 1.54) is 18.2 Å². The average Bonchev–Trinajstić information content (AvgIpc) is 2.75. The van der Waals surface area contributed by atoms with Gasteiger partial charge in [0.15, 0.2) is 6.54 Å². The highest BCUT2D eigenvalue weighted by Gasteiger charge is 2.20. The first-order valence-corrected chi connectivity index (χ1v) is 6.11. The normalized spacial score (nSPS) is 10.4. The van der Waals surface area contributed by atoms with E-state index in [1.807, 2.05) is 0 Å². The molecule has 7 nitrogen and oxygen atoms in total. The van der Waals surface area contributed by atoms with Gasteiger partial charge in [-0.05, 0) is 36.5 Å². The van der Waals surface area contributed by atoms with Crippen LogP contribution >= 0.6 is 0 Å². The molecule has 1 aromatic heterocycles. The minimum atomic E-state index is -0.624. The van der Waals surface area contributed by atoms with Crippen molar-refractivity contribution in [3.63, 3.8) is 0 Å². The largest absolute Gasteiger partial charge is 0.358 e. The van der Waals surface area contributed by atoms with Crippen LogP contribution in [-0.4, -0.2) is 20.6 Å². The molecule has 1 N–H and O–H groups in total. The molecule has 0 saturated carbocycles. The number of benzene rings is 1. The molecule has 2 rings (SSSR count). The number of nitrogens with one attached hydrogen (secondary N) is 1. The predicted molar refractivity (Wildman–Crippen MR) is 73.4 cm³/mol. The summed E-state index contributed by atoms with van der Waals surface area (Å²) in [6.07, 6.45) is 0. The quantitative estimate of drug-likeness (QED) is 0.690. The number of hydrogen-bond acceptors (Lipinski definition) is 4. The first kappa shape index (κ1) is 14.6. The molecule has 8 heteroatoms.